The third-order valence-corrected chi connectivity index (χ3v) is 5.59. The van der Waals surface area contributed by atoms with Crippen molar-refractivity contribution in [1.82, 2.24) is 14.9 Å². The lowest BCUT2D eigenvalue weighted by Crippen LogP contribution is -2.41. The van der Waals surface area contributed by atoms with Gasteiger partial charge >= 0.3 is 0 Å². The molecule has 0 unspecified atom stereocenters. The smallest absolute Gasteiger partial charge is 0.233 e. The van der Waals surface area contributed by atoms with Crippen LogP contribution < -0.4 is 0 Å². The fraction of sp³-hybridized carbons (Fsp3) is 0.286. The minimum Gasteiger partial charge on any atom is -0.378 e. The molecule has 0 aliphatic carbocycles. The van der Waals surface area contributed by atoms with E-state index in [0.717, 1.165) is 27.1 Å². The van der Waals surface area contributed by atoms with Crippen LogP contribution in [-0.4, -0.2) is 52.8 Å². The molecule has 0 spiro atoms. The molecule has 0 atom stereocenters. The molecule has 144 valence electrons. The van der Waals surface area contributed by atoms with Gasteiger partial charge in [0.05, 0.1) is 24.5 Å². The Labute approximate surface area is 166 Å². The number of ether oxygens (including phenoxy) is 1. The normalized spacial score (nSPS) is 14.4. The molecule has 4 rings (SSSR count). The Hall–Kier alpha value is -2.51. The fourth-order valence-corrected chi connectivity index (χ4v) is 4.00. The molecule has 3 aromatic rings. The second-order valence-corrected chi connectivity index (χ2v) is 7.63. The molecule has 2 aromatic carbocycles. The SMILES string of the molecule is Cc1ccc2nc(-c3ccc(F)cc3)nc(SCC(=O)N3CCOCC3)c2c1. The number of thioether (sulfide) groups is 1. The van der Waals surface area contributed by atoms with Crippen LogP contribution in [0, 0.1) is 12.7 Å². The van der Waals surface area contributed by atoms with E-state index in [1.165, 1.54) is 23.9 Å². The second kappa shape index (κ2) is 8.24. The first kappa shape index (κ1) is 18.8. The van der Waals surface area contributed by atoms with Crippen LogP contribution in [0.2, 0.25) is 0 Å². The number of hydrogen-bond acceptors (Lipinski definition) is 5. The fourth-order valence-electron chi connectivity index (χ4n) is 3.09. The summed E-state index contributed by atoms with van der Waals surface area (Å²) in [5, 5.41) is 1.68. The first-order chi connectivity index (χ1) is 13.6. The van der Waals surface area contributed by atoms with E-state index < -0.39 is 0 Å². The molecule has 1 aliphatic heterocycles. The summed E-state index contributed by atoms with van der Waals surface area (Å²) in [6, 6.07) is 12.1. The van der Waals surface area contributed by atoms with E-state index >= 15 is 0 Å². The van der Waals surface area contributed by atoms with E-state index in [2.05, 4.69) is 4.98 Å². The highest BCUT2D eigenvalue weighted by molar-refractivity contribution is 8.00. The number of benzene rings is 2. The molecule has 7 heteroatoms. The maximum atomic E-state index is 13.3. The van der Waals surface area contributed by atoms with Gasteiger partial charge < -0.3 is 9.64 Å². The number of aryl methyl sites for hydroxylation is 1. The van der Waals surface area contributed by atoms with E-state index in [1.807, 2.05) is 30.0 Å². The van der Waals surface area contributed by atoms with Crippen LogP contribution in [0.3, 0.4) is 0 Å². The van der Waals surface area contributed by atoms with Crippen LogP contribution in [-0.2, 0) is 9.53 Å². The molecule has 5 nitrogen and oxygen atoms in total. The summed E-state index contributed by atoms with van der Waals surface area (Å²) < 4.78 is 18.6. The monoisotopic (exact) mass is 397 g/mol. The topological polar surface area (TPSA) is 55.3 Å². The van der Waals surface area contributed by atoms with Crippen LogP contribution in [0.1, 0.15) is 5.56 Å². The lowest BCUT2D eigenvalue weighted by Gasteiger charge is -2.26. The quantitative estimate of drug-likeness (QED) is 0.496. The zero-order valence-electron chi connectivity index (χ0n) is 15.5. The first-order valence-corrected chi connectivity index (χ1v) is 10.1. The molecular weight excluding hydrogens is 377 g/mol. The number of hydrogen-bond donors (Lipinski definition) is 0. The minimum absolute atomic E-state index is 0.0797. The largest absolute Gasteiger partial charge is 0.378 e. The third-order valence-electron chi connectivity index (χ3n) is 4.61. The molecular formula is C21H20FN3O2S. The van der Waals surface area contributed by atoms with Crippen molar-refractivity contribution in [2.75, 3.05) is 32.1 Å². The lowest BCUT2D eigenvalue weighted by molar-refractivity contribution is -0.132. The van der Waals surface area contributed by atoms with E-state index in [-0.39, 0.29) is 11.7 Å². The number of rotatable bonds is 4. The predicted octanol–water partition coefficient (Wildman–Crippen LogP) is 3.70. The molecule has 1 amide bonds. The molecule has 1 fully saturated rings. The van der Waals surface area contributed by atoms with Gasteiger partial charge in [-0.05, 0) is 43.3 Å². The van der Waals surface area contributed by atoms with Crippen molar-refractivity contribution < 1.29 is 13.9 Å². The number of nitrogens with zero attached hydrogens (tertiary/aromatic N) is 3. The van der Waals surface area contributed by atoms with Crippen LogP contribution in [0.4, 0.5) is 4.39 Å². The Morgan fingerprint density at radius 2 is 1.89 bits per heavy atom. The van der Waals surface area contributed by atoms with Gasteiger partial charge in [0.1, 0.15) is 10.8 Å². The maximum absolute atomic E-state index is 13.3. The number of fused-ring (bicyclic) bond motifs is 1. The minimum atomic E-state index is -0.300. The molecule has 1 saturated heterocycles. The highest BCUT2D eigenvalue weighted by Crippen LogP contribution is 2.29. The summed E-state index contributed by atoms with van der Waals surface area (Å²) in [6.45, 7) is 4.44. The zero-order chi connectivity index (χ0) is 19.5. The van der Waals surface area contributed by atoms with Gasteiger partial charge in [0.15, 0.2) is 5.82 Å². The Morgan fingerprint density at radius 3 is 2.64 bits per heavy atom. The van der Waals surface area contributed by atoms with Crippen molar-refractivity contribution in [2.45, 2.75) is 11.9 Å². The van der Waals surface area contributed by atoms with Gasteiger partial charge in [-0.2, -0.15) is 0 Å². The Bertz CT molecular complexity index is 1000. The average molecular weight is 397 g/mol. The van der Waals surface area contributed by atoms with Crippen LogP contribution in [0.5, 0.6) is 0 Å². The summed E-state index contributed by atoms with van der Waals surface area (Å²) >= 11 is 1.42. The number of amides is 1. The van der Waals surface area contributed by atoms with Crippen LogP contribution in [0.15, 0.2) is 47.5 Å². The molecule has 0 bridgehead atoms. The summed E-state index contributed by atoms with van der Waals surface area (Å²) in [5.41, 5.74) is 2.65. The number of halogens is 1. The Balaban J connectivity index is 1.65. The number of morpholine rings is 1. The van der Waals surface area contributed by atoms with Gasteiger partial charge in [-0.25, -0.2) is 14.4 Å². The molecule has 0 radical (unpaired) electrons. The molecule has 2 heterocycles. The van der Waals surface area contributed by atoms with Crippen molar-refractivity contribution in [1.29, 1.82) is 0 Å². The number of aromatic nitrogens is 2. The van der Waals surface area contributed by atoms with E-state index in [1.54, 1.807) is 12.1 Å². The Morgan fingerprint density at radius 1 is 1.14 bits per heavy atom. The molecule has 0 saturated carbocycles. The summed E-state index contributed by atoms with van der Waals surface area (Å²) in [4.78, 5) is 23.7. The standard InChI is InChI=1S/C21H20FN3O2S/c1-14-2-7-18-17(12-14)21(28-13-19(26)25-8-10-27-11-9-25)24-20(23-18)15-3-5-16(22)6-4-15/h2-7,12H,8-11,13H2,1H3. The zero-order valence-corrected chi connectivity index (χ0v) is 16.3. The van der Waals surface area contributed by atoms with E-state index in [4.69, 9.17) is 9.72 Å². The van der Waals surface area contributed by atoms with Gasteiger partial charge in [-0.15, -0.1) is 0 Å². The van der Waals surface area contributed by atoms with Gasteiger partial charge in [0.25, 0.3) is 0 Å². The number of carbonyl (C=O) groups is 1. The first-order valence-electron chi connectivity index (χ1n) is 9.13. The highest BCUT2D eigenvalue weighted by atomic mass is 32.2. The molecule has 1 aromatic heterocycles. The van der Waals surface area contributed by atoms with Crippen molar-refractivity contribution in [3.63, 3.8) is 0 Å². The molecule has 1 aliphatic rings. The predicted molar refractivity (Wildman–Crippen MR) is 108 cm³/mol. The van der Waals surface area contributed by atoms with Crippen LogP contribution in [0.25, 0.3) is 22.3 Å². The number of carbonyl (C=O) groups excluding carboxylic acids is 1. The van der Waals surface area contributed by atoms with E-state index in [9.17, 15) is 9.18 Å². The summed E-state index contributed by atoms with van der Waals surface area (Å²) in [5.74, 6) is 0.614. The van der Waals surface area contributed by atoms with Gasteiger partial charge in [-0.1, -0.05) is 23.4 Å². The molecule has 0 N–H and O–H groups in total. The van der Waals surface area contributed by atoms with Crippen molar-refractivity contribution >= 4 is 28.6 Å². The highest BCUT2D eigenvalue weighted by Gasteiger charge is 2.18. The second-order valence-electron chi connectivity index (χ2n) is 6.66. The summed E-state index contributed by atoms with van der Waals surface area (Å²) in [7, 11) is 0. The average Bonchev–Trinajstić information content (AvgIpc) is 2.73. The van der Waals surface area contributed by atoms with Gasteiger partial charge in [0.2, 0.25) is 5.91 Å². The Kier molecular flexibility index (Phi) is 5.54. The molecule has 28 heavy (non-hydrogen) atoms. The van der Waals surface area contributed by atoms with E-state index in [0.29, 0.717) is 37.9 Å². The third kappa shape index (κ3) is 4.15. The lowest BCUT2D eigenvalue weighted by atomic mass is 10.1. The van der Waals surface area contributed by atoms with Gasteiger partial charge in [-0.3, -0.25) is 4.79 Å². The van der Waals surface area contributed by atoms with Crippen molar-refractivity contribution in [3.05, 3.63) is 53.8 Å². The summed E-state index contributed by atoms with van der Waals surface area (Å²) in [6.07, 6.45) is 0. The maximum Gasteiger partial charge on any atom is 0.233 e. The van der Waals surface area contributed by atoms with Crippen molar-refractivity contribution in [2.24, 2.45) is 0 Å². The van der Waals surface area contributed by atoms with Crippen molar-refractivity contribution in [3.8, 4) is 11.4 Å². The van der Waals surface area contributed by atoms with Crippen LogP contribution >= 0.6 is 11.8 Å². The van der Waals surface area contributed by atoms with Gasteiger partial charge in [0, 0.05) is 24.0 Å².